The number of fused-ring (bicyclic) bond motifs is 15. The first-order valence-electron chi connectivity index (χ1n) is 31.6. The minimum Gasteiger partial charge on any atom is -0.508 e. The van der Waals surface area contributed by atoms with E-state index in [-0.39, 0.29) is 58.6 Å². The molecule has 5 aromatic carbocycles. The molecule has 7 heterocycles. The minimum atomic E-state index is -2.35. The Labute approximate surface area is 596 Å². The van der Waals surface area contributed by atoms with E-state index in [4.69, 9.17) is 63.1 Å². The lowest BCUT2D eigenvalue weighted by Gasteiger charge is -2.47. The quantitative estimate of drug-likeness (QED) is 0.0764. The van der Waals surface area contributed by atoms with Crippen LogP contribution in [0.15, 0.2) is 78.9 Å². The number of carbonyl (C=O) groups excluding carboxylic acids is 7. The second kappa shape index (κ2) is 31.4. The van der Waals surface area contributed by atoms with Gasteiger partial charge in [-0.2, -0.15) is 0 Å². The van der Waals surface area contributed by atoms with Crippen molar-refractivity contribution in [1.82, 2.24) is 37.2 Å². The number of rotatable bonds is 13. The second-order valence-corrected chi connectivity index (χ2v) is 26.5. The maximum atomic E-state index is 16.0. The number of phenolic OH excluding ortho intramolecular Hbond substituents is 3. The van der Waals surface area contributed by atoms with E-state index in [2.05, 4.69) is 37.2 Å². The lowest BCUT2D eigenvalue weighted by Crippen LogP contribution is -2.64. The third-order valence-electron chi connectivity index (χ3n) is 17.8. The van der Waals surface area contributed by atoms with Gasteiger partial charge >= 0.3 is 5.97 Å². The van der Waals surface area contributed by atoms with Gasteiger partial charge in [-0.05, 0) is 110 Å². The SMILES string of the molecule is CNC(CC(C)C)C(=O)NC1C(=O)NC(CC(N)=O)C(=O)NC2C(=O)NC3C(=O)NC(C(=O)NC(C(=O)O)c4cc(O)cc(O)c4-c4cc3ccc4O)C(O)c3ccc(c(Cl)c3)Oc3cc2cc(c3OC2OC(CO)C(O)C(O)C2OC2C[C@](C)(N)C(O)C(C)O2)Oc2ccc(cc2Cl)C1O.Cl. The van der Waals surface area contributed by atoms with Crippen LogP contribution in [0.25, 0.3) is 11.1 Å². The molecule has 2 fully saturated rings. The summed E-state index contributed by atoms with van der Waals surface area (Å²) < 4.78 is 38.3. The molecule has 36 heteroatoms. The van der Waals surface area contributed by atoms with Crippen molar-refractivity contribution in [3.05, 3.63) is 117 Å². The first-order chi connectivity index (χ1) is 47.7. The van der Waals surface area contributed by atoms with Crippen molar-refractivity contribution in [3.8, 4) is 57.1 Å². The van der Waals surface area contributed by atoms with E-state index >= 15 is 14.4 Å². The molecule has 7 aliphatic rings. The molecule has 2 saturated heterocycles. The van der Waals surface area contributed by atoms with E-state index in [1.807, 2.05) is 13.8 Å². The van der Waals surface area contributed by atoms with Gasteiger partial charge in [0.05, 0.1) is 41.3 Å². The zero-order valence-corrected chi connectivity index (χ0v) is 57.1. The first kappa shape index (κ1) is 77.3. The molecule has 7 amide bonds. The number of benzene rings is 5. The largest absolute Gasteiger partial charge is 0.508 e. The van der Waals surface area contributed by atoms with Crippen LogP contribution in [0.3, 0.4) is 0 Å². The van der Waals surface area contributed by atoms with Gasteiger partial charge in [0.2, 0.25) is 53.4 Å². The Kier molecular flexibility index (Phi) is 23.8. The average Bonchev–Trinajstić information content (AvgIpc) is 0.773. The van der Waals surface area contributed by atoms with Crippen molar-refractivity contribution in [2.45, 2.75) is 156 Å². The number of aliphatic hydroxyl groups is 6. The fourth-order valence-electron chi connectivity index (χ4n) is 12.5. The second-order valence-electron chi connectivity index (χ2n) is 25.7. The maximum absolute atomic E-state index is 16.0. The van der Waals surface area contributed by atoms with E-state index in [1.54, 1.807) is 0 Å². The third-order valence-corrected chi connectivity index (χ3v) is 18.4. The summed E-state index contributed by atoms with van der Waals surface area (Å²) in [4.78, 5) is 117. The third kappa shape index (κ3) is 16.3. The number of phenols is 3. The maximum Gasteiger partial charge on any atom is 0.330 e. The van der Waals surface area contributed by atoms with Gasteiger partial charge in [-0.1, -0.05) is 55.2 Å². The predicted octanol–water partition coefficient (Wildman–Crippen LogP) is 0.528. The molecule has 0 radical (unpaired) electrons. The molecule has 5 aromatic rings. The van der Waals surface area contributed by atoms with Crippen LogP contribution in [0.5, 0.6) is 46.0 Å². The lowest BCUT2D eigenvalue weighted by atomic mass is 9.86. The summed E-state index contributed by atoms with van der Waals surface area (Å²) >= 11 is 14.1. The van der Waals surface area contributed by atoms with Crippen LogP contribution in [0, 0.1) is 5.92 Å². The Hall–Kier alpha value is -8.91. The summed E-state index contributed by atoms with van der Waals surface area (Å²) in [6.45, 7) is 5.66. The van der Waals surface area contributed by atoms with Gasteiger partial charge in [-0.3, -0.25) is 33.6 Å². The molecule has 0 aliphatic carbocycles. The summed E-state index contributed by atoms with van der Waals surface area (Å²) in [5.74, 6) is -16.0. The van der Waals surface area contributed by atoms with Crippen molar-refractivity contribution in [2.24, 2.45) is 17.4 Å². The molecule has 0 spiro atoms. The van der Waals surface area contributed by atoms with Gasteiger partial charge in [-0.15, -0.1) is 12.4 Å². The highest BCUT2D eigenvalue weighted by molar-refractivity contribution is 6.32. The number of hydrogen-bond donors (Lipinski definition) is 19. The Balaban J connectivity index is 0.0000121. The highest BCUT2D eigenvalue weighted by Gasteiger charge is 2.51. The summed E-state index contributed by atoms with van der Waals surface area (Å²) in [6, 6.07) is -0.679. The number of nitrogens with two attached hydrogens (primary N) is 2. The molecule has 0 aromatic heterocycles. The van der Waals surface area contributed by atoms with Crippen LogP contribution in [0.4, 0.5) is 0 Å². The number of carboxylic acids is 1. The number of hydrogen-bond acceptors (Lipinski definition) is 25. The molecule has 102 heavy (non-hydrogen) atoms. The Morgan fingerprint density at radius 3 is 1.89 bits per heavy atom. The lowest BCUT2D eigenvalue weighted by molar-refractivity contribution is -0.333. The number of primary amides is 1. The van der Waals surface area contributed by atoms with Gasteiger partial charge < -0.3 is 128 Å². The fraction of sp³-hybridized carbons (Fsp3) is 0.424. The summed E-state index contributed by atoms with van der Waals surface area (Å²) in [5, 5.41) is 131. The van der Waals surface area contributed by atoms with E-state index in [9.17, 15) is 75.0 Å². The molecule has 7 aliphatic heterocycles. The molecule has 17 unspecified atom stereocenters. The number of nitrogens with one attached hydrogen (secondary N) is 7. The van der Waals surface area contributed by atoms with Crippen molar-refractivity contribution in [2.75, 3.05) is 13.7 Å². The van der Waals surface area contributed by atoms with Gasteiger partial charge in [0.15, 0.2) is 29.9 Å². The van der Waals surface area contributed by atoms with Crippen LogP contribution < -0.4 is 62.9 Å². The first-order valence-corrected chi connectivity index (χ1v) is 32.4. The van der Waals surface area contributed by atoms with Crippen molar-refractivity contribution in [1.29, 1.82) is 0 Å². The number of aromatic hydroxyl groups is 3. The van der Waals surface area contributed by atoms with Crippen LogP contribution in [-0.2, 0) is 52.6 Å². The molecular weight excluding hydrogens is 1410 g/mol. The van der Waals surface area contributed by atoms with Crippen molar-refractivity contribution in [3.63, 3.8) is 0 Å². The van der Waals surface area contributed by atoms with E-state index in [0.29, 0.717) is 0 Å². The highest BCUT2D eigenvalue weighted by Crippen LogP contribution is 2.50. The van der Waals surface area contributed by atoms with Gasteiger partial charge in [0, 0.05) is 34.7 Å². The van der Waals surface area contributed by atoms with E-state index in [1.165, 1.54) is 33.0 Å². The summed E-state index contributed by atoms with van der Waals surface area (Å²) in [7, 11) is 1.47. The molecule has 18 atom stereocenters. The number of aliphatic hydroxyl groups excluding tert-OH is 6. The number of carbonyl (C=O) groups is 8. The molecule has 0 saturated carbocycles. The monoisotopic (exact) mass is 1480 g/mol. The van der Waals surface area contributed by atoms with Crippen molar-refractivity contribution < 1.29 is 118 Å². The average molecular weight is 1490 g/mol. The number of ether oxygens (including phenoxy) is 6. The number of likely N-dealkylation sites (N-methyl/N-ethyl adjacent to an activating group) is 1. The van der Waals surface area contributed by atoms with Crippen LogP contribution in [0.2, 0.25) is 10.0 Å². The minimum absolute atomic E-state index is 0. The Bertz CT molecular complexity index is 4080. The number of halogens is 3. The highest BCUT2D eigenvalue weighted by atomic mass is 35.5. The number of aliphatic carboxylic acids is 1. The van der Waals surface area contributed by atoms with E-state index < -0.39 is 237 Å². The standard InChI is InChI=1S/C66H75Cl2N9O24.ClH/c1-23(2)12-34(71-5)58(88)76-49-51(83)26-7-10-38(32(67)14-26)97-40-16-28-17-41(55(40)101-65-56(54(86)53(85)42(22-78)99-65)100-44-21-66(4,70)57(87)24(3)96-44)98-39-11-8-27(15-33(39)68)52(84)50-63(93)75-48(64(94)95)31-18-29(79)19-37(81)45(31)30-13-25(6-9-36(30)80)46(60(90)77-50)74-61(91)47(28)73-59(89)35(20-43(69)82)72-62(49)92;/h6-11,13-19,23-24,34-35,42,44,46-54,56-57,65,71,78-81,83-87H,12,20-22,70H2,1-5H3,(H2,69,82)(H,72,92)(H,73,89)(H,74,91)(H,75,93)(H,76,88)(H,77,90)(H,94,95);1H/t24?,34?,35?,42?,44?,46?,47?,48?,49?,50?,51?,52?,53?,54?,56?,57?,65?,66-;/m0./s1. The molecule has 33 nitrogen and oxygen atoms in total. The molecular formula is C66H76Cl3N9O24. The van der Waals surface area contributed by atoms with Gasteiger partial charge in [0.25, 0.3) is 0 Å². The normalized spacial score (nSPS) is 29.1. The zero-order chi connectivity index (χ0) is 73.5. The Morgan fingerprint density at radius 1 is 0.716 bits per heavy atom. The zero-order valence-electron chi connectivity index (χ0n) is 54.7. The molecule has 21 N–H and O–H groups in total. The van der Waals surface area contributed by atoms with Gasteiger partial charge in [-0.25, -0.2) is 4.79 Å². The predicted molar refractivity (Wildman–Crippen MR) is 357 cm³/mol. The van der Waals surface area contributed by atoms with Crippen LogP contribution in [-0.4, -0.2) is 191 Å². The Morgan fingerprint density at radius 2 is 1.31 bits per heavy atom. The van der Waals surface area contributed by atoms with Crippen LogP contribution in [0.1, 0.15) is 105 Å². The number of amides is 7. The molecule has 550 valence electrons. The smallest absolute Gasteiger partial charge is 0.330 e. The summed E-state index contributed by atoms with van der Waals surface area (Å²) in [6.07, 6.45) is -18.6. The van der Waals surface area contributed by atoms with Crippen molar-refractivity contribution >= 4 is 82.9 Å². The van der Waals surface area contributed by atoms with Crippen LogP contribution >= 0.6 is 35.6 Å². The topological polar surface area (TPSA) is 530 Å². The fourth-order valence-corrected chi connectivity index (χ4v) is 12.9. The molecule has 11 bridgehead atoms. The van der Waals surface area contributed by atoms with Gasteiger partial charge in [0.1, 0.15) is 89.5 Å². The number of carboxylic acid groups (broad SMARTS) is 1. The summed E-state index contributed by atoms with van der Waals surface area (Å²) in [5.41, 5.74) is 8.00. The van der Waals surface area contributed by atoms with E-state index in [0.717, 1.165) is 66.7 Å². The molecule has 12 rings (SSSR count).